The number of rotatable bonds is 8. The van der Waals surface area contributed by atoms with Crippen LogP contribution in [0.5, 0.6) is 0 Å². The summed E-state index contributed by atoms with van der Waals surface area (Å²) in [6, 6.07) is 47.8. The van der Waals surface area contributed by atoms with Crippen LogP contribution in [0.4, 0.5) is 28.4 Å². The number of nitrogens with zero attached hydrogens (tertiary/aromatic N) is 1. The van der Waals surface area contributed by atoms with Crippen molar-refractivity contribution in [2.75, 3.05) is 15.5 Å². The fourth-order valence-electron chi connectivity index (χ4n) is 4.91. The van der Waals surface area contributed by atoms with E-state index in [0.29, 0.717) is 0 Å². The van der Waals surface area contributed by atoms with Crippen LogP contribution < -0.4 is 20.9 Å². The lowest BCUT2D eigenvalue weighted by Gasteiger charge is -2.41. The molecule has 0 saturated heterocycles. The number of allylic oxidation sites excluding steroid dienone is 2. The molecule has 0 saturated carbocycles. The Hall–Kier alpha value is -4.74. The standard InChI is InChI=1S/C35H29BrN4/c36-28-14-10-13-27(25-28)35(38-30-17-6-2-7-18-30)24-12-23-34(39-35)40(32-20-8-3-9-21-32)33-22-11-19-31(26-33)37-29-15-4-1-5-16-29/h1-26,37-39H. The maximum atomic E-state index is 3.87. The topological polar surface area (TPSA) is 39.3 Å². The van der Waals surface area contributed by atoms with Gasteiger partial charge in [0, 0.05) is 38.5 Å². The highest BCUT2D eigenvalue weighted by Gasteiger charge is 2.34. The molecule has 1 heterocycles. The van der Waals surface area contributed by atoms with E-state index < -0.39 is 5.66 Å². The van der Waals surface area contributed by atoms with E-state index in [1.165, 1.54) is 0 Å². The molecule has 0 aromatic heterocycles. The minimum atomic E-state index is -0.692. The summed E-state index contributed by atoms with van der Waals surface area (Å²) in [7, 11) is 0. The molecular weight excluding hydrogens is 556 g/mol. The molecule has 0 spiro atoms. The van der Waals surface area contributed by atoms with E-state index in [0.717, 1.165) is 44.3 Å². The molecule has 1 aliphatic heterocycles. The molecule has 0 radical (unpaired) electrons. The molecule has 0 aliphatic carbocycles. The first-order valence-electron chi connectivity index (χ1n) is 13.2. The van der Waals surface area contributed by atoms with Gasteiger partial charge in [-0.3, -0.25) is 4.90 Å². The lowest BCUT2D eigenvalue weighted by molar-refractivity contribution is 0.512. The molecule has 0 fully saturated rings. The third-order valence-electron chi connectivity index (χ3n) is 6.74. The molecule has 0 bridgehead atoms. The van der Waals surface area contributed by atoms with Gasteiger partial charge in [0.2, 0.25) is 0 Å². The first-order valence-corrected chi connectivity index (χ1v) is 14.0. The molecular formula is C35H29BrN4. The van der Waals surface area contributed by atoms with Gasteiger partial charge in [-0.2, -0.15) is 0 Å². The summed E-state index contributed by atoms with van der Waals surface area (Å²) in [6.07, 6.45) is 6.40. The largest absolute Gasteiger partial charge is 0.356 e. The molecule has 196 valence electrons. The van der Waals surface area contributed by atoms with Crippen molar-refractivity contribution in [1.29, 1.82) is 0 Å². The zero-order chi connectivity index (χ0) is 27.2. The molecule has 5 aromatic rings. The van der Waals surface area contributed by atoms with Crippen LogP contribution in [0.25, 0.3) is 0 Å². The third kappa shape index (κ3) is 5.65. The second-order valence-electron chi connectivity index (χ2n) is 9.56. The fraction of sp³-hybridized carbons (Fsp3) is 0.0286. The van der Waals surface area contributed by atoms with Gasteiger partial charge in [0.1, 0.15) is 5.82 Å². The SMILES string of the molecule is Brc1cccc(C2(Nc3ccccc3)C=CC=C(N(c3ccccc3)c3cccc(Nc4ccccc4)c3)N2)c1. The lowest BCUT2D eigenvalue weighted by atomic mass is 9.95. The van der Waals surface area contributed by atoms with E-state index >= 15 is 0 Å². The summed E-state index contributed by atoms with van der Waals surface area (Å²) in [5.74, 6) is 0.939. The smallest absolute Gasteiger partial charge is 0.155 e. The molecule has 6 rings (SSSR count). The van der Waals surface area contributed by atoms with Crippen LogP contribution in [-0.4, -0.2) is 0 Å². The summed E-state index contributed by atoms with van der Waals surface area (Å²) in [6.45, 7) is 0. The lowest BCUT2D eigenvalue weighted by Crippen LogP contribution is -2.51. The van der Waals surface area contributed by atoms with Crippen molar-refractivity contribution >= 4 is 44.4 Å². The number of anilines is 5. The average molecular weight is 586 g/mol. The van der Waals surface area contributed by atoms with Gasteiger partial charge in [-0.1, -0.05) is 94.8 Å². The van der Waals surface area contributed by atoms with E-state index in [-0.39, 0.29) is 0 Å². The van der Waals surface area contributed by atoms with E-state index in [2.05, 4.69) is 146 Å². The summed E-state index contributed by atoms with van der Waals surface area (Å²) >= 11 is 3.68. The maximum absolute atomic E-state index is 3.87. The molecule has 1 aliphatic rings. The zero-order valence-corrected chi connectivity index (χ0v) is 23.4. The van der Waals surface area contributed by atoms with Crippen molar-refractivity contribution in [3.63, 3.8) is 0 Å². The molecule has 1 atom stereocenters. The van der Waals surface area contributed by atoms with E-state index in [1.54, 1.807) is 0 Å². The van der Waals surface area contributed by atoms with Gasteiger partial charge in [0.15, 0.2) is 5.66 Å². The predicted octanol–water partition coefficient (Wildman–Crippen LogP) is 9.30. The van der Waals surface area contributed by atoms with Gasteiger partial charge in [0.25, 0.3) is 0 Å². The van der Waals surface area contributed by atoms with Gasteiger partial charge in [-0.15, -0.1) is 0 Å². The molecule has 3 N–H and O–H groups in total. The van der Waals surface area contributed by atoms with Gasteiger partial charge >= 0.3 is 0 Å². The molecule has 0 amide bonds. The highest BCUT2D eigenvalue weighted by atomic mass is 79.9. The Balaban J connectivity index is 1.42. The van der Waals surface area contributed by atoms with Crippen molar-refractivity contribution in [3.8, 4) is 0 Å². The number of hydrogen-bond donors (Lipinski definition) is 3. The summed E-state index contributed by atoms with van der Waals surface area (Å²) < 4.78 is 1.02. The monoisotopic (exact) mass is 584 g/mol. The minimum absolute atomic E-state index is 0.692. The normalized spacial score (nSPS) is 16.0. The Kier molecular flexibility index (Phi) is 7.38. The minimum Gasteiger partial charge on any atom is -0.356 e. The molecule has 40 heavy (non-hydrogen) atoms. The number of dihydropyridines is 1. The number of nitrogens with one attached hydrogen (secondary N) is 3. The fourth-order valence-corrected chi connectivity index (χ4v) is 5.31. The third-order valence-corrected chi connectivity index (χ3v) is 7.24. The Labute approximate surface area is 243 Å². The Morgan fingerprint density at radius 3 is 1.95 bits per heavy atom. The Morgan fingerprint density at radius 2 is 1.23 bits per heavy atom. The van der Waals surface area contributed by atoms with Crippen LogP contribution in [0.2, 0.25) is 0 Å². The maximum Gasteiger partial charge on any atom is 0.155 e. The second kappa shape index (κ2) is 11.6. The van der Waals surface area contributed by atoms with Crippen LogP contribution in [0.3, 0.4) is 0 Å². The van der Waals surface area contributed by atoms with Crippen LogP contribution in [-0.2, 0) is 5.66 Å². The quantitative estimate of drug-likeness (QED) is 0.170. The van der Waals surface area contributed by atoms with Crippen molar-refractivity contribution in [3.05, 3.63) is 174 Å². The van der Waals surface area contributed by atoms with Gasteiger partial charge in [-0.25, -0.2) is 0 Å². The second-order valence-corrected chi connectivity index (χ2v) is 10.5. The number of hydrogen-bond acceptors (Lipinski definition) is 4. The van der Waals surface area contributed by atoms with Crippen LogP contribution in [0.15, 0.2) is 168 Å². The van der Waals surface area contributed by atoms with Gasteiger partial charge < -0.3 is 16.0 Å². The van der Waals surface area contributed by atoms with Crippen molar-refractivity contribution in [2.24, 2.45) is 0 Å². The van der Waals surface area contributed by atoms with Crippen molar-refractivity contribution in [2.45, 2.75) is 5.66 Å². The summed E-state index contributed by atoms with van der Waals surface area (Å²) in [5.41, 5.74) is 5.55. The first-order chi connectivity index (χ1) is 19.7. The highest BCUT2D eigenvalue weighted by molar-refractivity contribution is 9.10. The molecule has 5 aromatic carbocycles. The average Bonchev–Trinajstić information content (AvgIpc) is 2.99. The first kappa shape index (κ1) is 25.5. The van der Waals surface area contributed by atoms with Crippen LogP contribution in [0, 0.1) is 0 Å². The summed E-state index contributed by atoms with van der Waals surface area (Å²) in [5, 5.41) is 11.2. The van der Waals surface area contributed by atoms with Gasteiger partial charge in [0.05, 0.1) is 0 Å². The molecule has 1 unspecified atom stereocenters. The highest BCUT2D eigenvalue weighted by Crippen LogP contribution is 2.36. The van der Waals surface area contributed by atoms with E-state index in [4.69, 9.17) is 0 Å². The van der Waals surface area contributed by atoms with Crippen LogP contribution >= 0.6 is 15.9 Å². The predicted molar refractivity (Wildman–Crippen MR) is 171 cm³/mol. The van der Waals surface area contributed by atoms with Crippen LogP contribution in [0.1, 0.15) is 5.56 Å². The zero-order valence-electron chi connectivity index (χ0n) is 21.8. The number of halogens is 1. The molecule has 4 nitrogen and oxygen atoms in total. The van der Waals surface area contributed by atoms with Gasteiger partial charge in [-0.05, 0) is 78.9 Å². The summed E-state index contributed by atoms with van der Waals surface area (Å²) in [4.78, 5) is 2.25. The van der Waals surface area contributed by atoms with Crippen molar-refractivity contribution in [1.82, 2.24) is 5.32 Å². The van der Waals surface area contributed by atoms with Crippen molar-refractivity contribution < 1.29 is 0 Å². The Bertz CT molecular complexity index is 1630. The van der Waals surface area contributed by atoms with E-state index in [9.17, 15) is 0 Å². The Morgan fingerprint density at radius 1 is 0.600 bits per heavy atom. The molecule has 5 heteroatoms. The number of para-hydroxylation sites is 3. The number of benzene rings is 5. The van der Waals surface area contributed by atoms with E-state index in [1.807, 2.05) is 48.5 Å².